The number of benzene rings is 2. The lowest BCUT2D eigenvalue weighted by molar-refractivity contribution is -0.853. The lowest BCUT2D eigenvalue weighted by Crippen LogP contribution is -3.07. The van der Waals surface area contributed by atoms with Crippen molar-refractivity contribution in [2.45, 2.75) is 31.2 Å². The number of hydrogen-bond acceptors (Lipinski definition) is 1. The van der Waals surface area contributed by atoms with Crippen LogP contribution in [0.2, 0.25) is 0 Å². The van der Waals surface area contributed by atoms with Gasteiger partial charge in [0.05, 0.1) is 11.1 Å². The summed E-state index contributed by atoms with van der Waals surface area (Å²) in [5.41, 5.74) is -2.48. The number of nitrogens with one attached hydrogen (secondary N) is 1. The number of hydrogen-bond donors (Lipinski definition) is 2. The van der Waals surface area contributed by atoms with Gasteiger partial charge in [0, 0.05) is 11.6 Å². The minimum absolute atomic E-state index is 0. The standard InChI is InChI=1S/C18H14F9NO.BrH/c19-16(20,21)12-4-1-3-11(7-12)9-28(10-15(29)18(25,26)27)14-6-2-5-13(8-14)17(22,23)24;/h1-8,15,29H,9-10H2;1H. The molecule has 0 saturated heterocycles. The number of quaternary nitrogens is 1. The van der Waals surface area contributed by atoms with Crippen LogP contribution in [0, 0.1) is 0 Å². The van der Waals surface area contributed by atoms with Gasteiger partial charge in [0.25, 0.3) is 0 Å². The van der Waals surface area contributed by atoms with Crippen LogP contribution < -0.4 is 21.9 Å². The highest BCUT2D eigenvalue weighted by molar-refractivity contribution is 5.36. The maximum absolute atomic E-state index is 12.9. The highest BCUT2D eigenvalue weighted by Crippen LogP contribution is 2.31. The topological polar surface area (TPSA) is 24.7 Å². The van der Waals surface area contributed by atoms with Crippen LogP contribution in [0.5, 0.6) is 0 Å². The molecule has 2 aromatic carbocycles. The Hall–Kier alpha value is -1.79. The van der Waals surface area contributed by atoms with Gasteiger partial charge in [-0.15, -0.1) is 0 Å². The van der Waals surface area contributed by atoms with Crippen molar-refractivity contribution in [1.82, 2.24) is 0 Å². The summed E-state index contributed by atoms with van der Waals surface area (Å²) in [6.45, 7) is -1.58. The van der Waals surface area contributed by atoms with Gasteiger partial charge in [-0.05, 0) is 24.3 Å². The molecule has 0 spiro atoms. The van der Waals surface area contributed by atoms with Gasteiger partial charge in [0.15, 0.2) is 6.10 Å². The van der Waals surface area contributed by atoms with E-state index in [1.165, 1.54) is 6.07 Å². The van der Waals surface area contributed by atoms with Crippen molar-refractivity contribution in [2.75, 3.05) is 6.54 Å². The summed E-state index contributed by atoms with van der Waals surface area (Å²) in [6.07, 6.45) is -17.4. The van der Waals surface area contributed by atoms with E-state index in [9.17, 15) is 44.6 Å². The maximum atomic E-state index is 12.9. The smallest absolute Gasteiger partial charge is 0.419 e. The second-order valence-corrected chi connectivity index (χ2v) is 6.32. The van der Waals surface area contributed by atoms with Crippen LogP contribution in [0.25, 0.3) is 0 Å². The van der Waals surface area contributed by atoms with E-state index in [0.717, 1.165) is 24.3 Å². The van der Waals surface area contributed by atoms with Crippen molar-refractivity contribution < 1.29 is 66.5 Å². The molecule has 0 aliphatic carbocycles. The molecule has 0 saturated carbocycles. The number of alkyl halides is 9. The summed E-state index contributed by atoms with van der Waals surface area (Å²) in [6, 6.07) is 7.12. The summed E-state index contributed by atoms with van der Waals surface area (Å²) < 4.78 is 116. The number of aliphatic hydroxyl groups excluding tert-OH is 1. The molecule has 2 atom stereocenters. The SMILES string of the molecule is OC(C[NH+](Cc1cccc(C(F)(F)F)c1)c1cccc(C(F)(F)F)c1)C(F)(F)F.[Br-]. The largest absolute Gasteiger partial charge is 1.00 e. The minimum atomic E-state index is -5.04. The highest BCUT2D eigenvalue weighted by atomic mass is 79.9. The molecule has 30 heavy (non-hydrogen) atoms. The van der Waals surface area contributed by atoms with Crippen LogP contribution >= 0.6 is 0 Å². The predicted molar refractivity (Wildman–Crippen MR) is 84.1 cm³/mol. The fourth-order valence-corrected chi connectivity index (χ4v) is 2.66. The van der Waals surface area contributed by atoms with Crippen LogP contribution in [-0.4, -0.2) is 23.9 Å². The van der Waals surface area contributed by atoms with E-state index in [-0.39, 0.29) is 33.1 Å². The fraction of sp³-hybridized carbons (Fsp3) is 0.333. The number of rotatable bonds is 5. The molecule has 0 bridgehead atoms. The molecular weight excluding hydrogens is 497 g/mol. The van der Waals surface area contributed by atoms with Crippen molar-refractivity contribution in [3.8, 4) is 0 Å². The van der Waals surface area contributed by atoms with Gasteiger partial charge >= 0.3 is 18.5 Å². The maximum Gasteiger partial charge on any atom is 0.419 e. The number of aliphatic hydroxyl groups is 1. The van der Waals surface area contributed by atoms with Crippen LogP contribution in [0.15, 0.2) is 48.5 Å². The Morgan fingerprint density at radius 1 is 0.767 bits per heavy atom. The molecule has 0 fully saturated rings. The van der Waals surface area contributed by atoms with Crippen LogP contribution in [0.4, 0.5) is 45.2 Å². The molecule has 0 aliphatic rings. The Morgan fingerprint density at radius 3 is 1.77 bits per heavy atom. The molecule has 0 radical (unpaired) electrons. The van der Waals surface area contributed by atoms with E-state index in [4.69, 9.17) is 0 Å². The average Bonchev–Trinajstić information content (AvgIpc) is 2.59. The van der Waals surface area contributed by atoms with E-state index in [1.807, 2.05) is 0 Å². The lowest BCUT2D eigenvalue weighted by Gasteiger charge is -2.24. The van der Waals surface area contributed by atoms with Gasteiger partial charge in [0.2, 0.25) is 0 Å². The molecule has 2 rings (SSSR count). The summed E-state index contributed by atoms with van der Waals surface area (Å²) in [5, 5.41) is 9.36. The third-order valence-corrected chi connectivity index (χ3v) is 4.09. The third-order valence-electron chi connectivity index (χ3n) is 4.09. The van der Waals surface area contributed by atoms with Crippen molar-refractivity contribution >= 4 is 5.69 Å². The van der Waals surface area contributed by atoms with Crippen molar-refractivity contribution in [1.29, 1.82) is 0 Å². The molecule has 0 aliphatic heterocycles. The first-order valence-electron chi connectivity index (χ1n) is 8.11. The molecule has 2 aromatic rings. The van der Waals surface area contributed by atoms with Gasteiger partial charge in [-0.25, -0.2) is 0 Å². The Morgan fingerprint density at radius 2 is 1.27 bits per heavy atom. The zero-order valence-corrected chi connectivity index (χ0v) is 16.4. The normalized spacial score (nSPS) is 14.7. The van der Waals surface area contributed by atoms with Crippen LogP contribution in [-0.2, 0) is 18.9 Å². The van der Waals surface area contributed by atoms with Gasteiger partial charge in [-0.3, -0.25) is 4.90 Å². The van der Waals surface area contributed by atoms with Gasteiger partial charge < -0.3 is 22.1 Å². The molecule has 168 valence electrons. The molecule has 2 unspecified atom stereocenters. The van der Waals surface area contributed by atoms with E-state index >= 15 is 0 Å². The Kier molecular flexibility index (Phi) is 8.37. The summed E-state index contributed by atoms with van der Waals surface area (Å²) in [5.74, 6) is 0. The second-order valence-electron chi connectivity index (χ2n) is 6.32. The van der Waals surface area contributed by atoms with Crippen molar-refractivity contribution in [3.05, 3.63) is 65.2 Å². The summed E-state index contributed by atoms with van der Waals surface area (Å²) >= 11 is 0. The van der Waals surface area contributed by atoms with E-state index in [1.54, 1.807) is 0 Å². The molecule has 0 amide bonds. The average molecular weight is 512 g/mol. The monoisotopic (exact) mass is 511 g/mol. The molecule has 2 nitrogen and oxygen atoms in total. The van der Waals surface area contributed by atoms with Crippen LogP contribution in [0.1, 0.15) is 16.7 Å². The zero-order chi connectivity index (χ0) is 22.0. The first-order chi connectivity index (χ1) is 13.2. The van der Waals surface area contributed by atoms with Gasteiger partial charge in [-0.1, -0.05) is 18.2 Å². The third kappa shape index (κ3) is 7.17. The Balaban J connectivity index is 0.00000450. The first kappa shape index (κ1) is 26.2. The molecule has 12 heteroatoms. The zero-order valence-electron chi connectivity index (χ0n) is 14.8. The molecule has 2 N–H and O–H groups in total. The van der Waals surface area contributed by atoms with E-state index < -0.39 is 48.8 Å². The van der Waals surface area contributed by atoms with Crippen LogP contribution in [0.3, 0.4) is 0 Å². The van der Waals surface area contributed by atoms with E-state index in [0.29, 0.717) is 18.2 Å². The van der Waals surface area contributed by atoms with E-state index in [2.05, 4.69) is 0 Å². The van der Waals surface area contributed by atoms with Crippen molar-refractivity contribution in [3.63, 3.8) is 0 Å². The van der Waals surface area contributed by atoms with Gasteiger partial charge in [-0.2, -0.15) is 39.5 Å². The van der Waals surface area contributed by atoms with Gasteiger partial charge in [0.1, 0.15) is 18.8 Å². The summed E-state index contributed by atoms with van der Waals surface area (Å²) in [7, 11) is 0. The van der Waals surface area contributed by atoms with Crippen molar-refractivity contribution in [2.24, 2.45) is 0 Å². The lowest BCUT2D eigenvalue weighted by atomic mass is 10.1. The minimum Gasteiger partial charge on any atom is -1.00 e. The first-order valence-corrected chi connectivity index (χ1v) is 8.11. The predicted octanol–water partition coefficient (Wildman–Crippen LogP) is 1.37. The quantitative estimate of drug-likeness (QED) is 0.582. The second kappa shape index (κ2) is 9.56. The fourth-order valence-electron chi connectivity index (χ4n) is 2.66. The molecular formula is C18H15BrF9NO. The molecule has 0 heterocycles. The number of halogens is 10. The Bertz CT molecular complexity index is 833. The summed E-state index contributed by atoms with van der Waals surface area (Å²) in [4.78, 5) is -0.278. The highest BCUT2D eigenvalue weighted by Gasteiger charge is 2.42. The molecule has 0 aromatic heterocycles. The Labute approximate surface area is 175 Å².